The highest BCUT2D eigenvalue weighted by Crippen LogP contribution is 2.12. The second kappa shape index (κ2) is 14.3. The molecule has 0 aliphatic rings. The number of unbranched alkanes of at least 4 members (excludes halogenated alkanes) is 3. The summed E-state index contributed by atoms with van der Waals surface area (Å²) in [6.45, 7) is 6.55. The van der Waals surface area contributed by atoms with E-state index in [2.05, 4.69) is 6.92 Å². The van der Waals surface area contributed by atoms with Crippen molar-refractivity contribution >= 4 is 5.69 Å². The summed E-state index contributed by atoms with van der Waals surface area (Å²) in [5.74, 6) is 0.801. The van der Waals surface area contributed by atoms with Crippen LogP contribution in [0.2, 0.25) is 0 Å². The second-order valence-electron chi connectivity index (χ2n) is 5.32. The fraction of sp³-hybridized carbons (Fsp3) is 0.667. The summed E-state index contributed by atoms with van der Waals surface area (Å²) in [6.07, 6.45) is 4.95. The van der Waals surface area contributed by atoms with E-state index in [1.54, 1.807) is 0 Å². The lowest BCUT2D eigenvalue weighted by Crippen LogP contribution is -2.13. The van der Waals surface area contributed by atoms with Gasteiger partial charge in [0.25, 0.3) is 0 Å². The SMILES string of the molecule is CCCCCCOCCOCCOCCOc1ccc(N)cc1. The second-order valence-corrected chi connectivity index (χ2v) is 5.32. The van der Waals surface area contributed by atoms with Gasteiger partial charge >= 0.3 is 0 Å². The van der Waals surface area contributed by atoms with Crippen molar-refractivity contribution < 1.29 is 18.9 Å². The molecule has 132 valence electrons. The van der Waals surface area contributed by atoms with Crippen molar-refractivity contribution in [1.29, 1.82) is 0 Å². The first-order chi connectivity index (χ1) is 11.3. The fourth-order valence-corrected chi connectivity index (χ4v) is 1.96. The Kier molecular flexibility index (Phi) is 12.3. The van der Waals surface area contributed by atoms with Gasteiger partial charge in [-0.2, -0.15) is 0 Å². The molecule has 0 aromatic heterocycles. The number of anilines is 1. The van der Waals surface area contributed by atoms with Crippen molar-refractivity contribution in [2.45, 2.75) is 32.6 Å². The van der Waals surface area contributed by atoms with Crippen molar-refractivity contribution in [3.63, 3.8) is 0 Å². The Morgan fingerprint density at radius 1 is 0.696 bits per heavy atom. The molecule has 0 saturated heterocycles. The van der Waals surface area contributed by atoms with Crippen molar-refractivity contribution in [1.82, 2.24) is 0 Å². The van der Waals surface area contributed by atoms with Gasteiger partial charge in [0.05, 0.1) is 33.0 Å². The Bertz CT molecular complexity index is 370. The molecule has 1 rings (SSSR count). The van der Waals surface area contributed by atoms with Crippen LogP contribution in [-0.2, 0) is 14.2 Å². The zero-order valence-electron chi connectivity index (χ0n) is 14.3. The predicted octanol–water partition coefficient (Wildman–Crippen LogP) is 3.28. The van der Waals surface area contributed by atoms with E-state index in [1.807, 2.05) is 24.3 Å². The Hall–Kier alpha value is -1.30. The maximum Gasteiger partial charge on any atom is 0.119 e. The monoisotopic (exact) mass is 325 g/mol. The summed E-state index contributed by atoms with van der Waals surface area (Å²) in [4.78, 5) is 0. The lowest BCUT2D eigenvalue weighted by molar-refractivity contribution is 0.00879. The largest absolute Gasteiger partial charge is 0.491 e. The number of hydrogen-bond donors (Lipinski definition) is 1. The van der Waals surface area contributed by atoms with Gasteiger partial charge in [-0.25, -0.2) is 0 Å². The summed E-state index contributed by atoms with van der Waals surface area (Å²) in [5, 5.41) is 0. The van der Waals surface area contributed by atoms with Crippen LogP contribution in [0.15, 0.2) is 24.3 Å². The third-order valence-corrected chi connectivity index (χ3v) is 3.26. The number of nitrogens with two attached hydrogens (primary N) is 1. The zero-order valence-corrected chi connectivity index (χ0v) is 14.3. The maximum atomic E-state index is 5.60. The molecule has 0 radical (unpaired) electrons. The average Bonchev–Trinajstić information content (AvgIpc) is 2.57. The highest BCUT2D eigenvalue weighted by atomic mass is 16.6. The van der Waals surface area contributed by atoms with Gasteiger partial charge in [0.1, 0.15) is 12.4 Å². The molecule has 2 N–H and O–H groups in total. The van der Waals surface area contributed by atoms with Gasteiger partial charge in [-0.1, -0.05) is 26.2 Å². The Labute approximate surface area is 140 Å². The van der Waals surface area contributed by atoms with Crippen LogP contribution in [0.3, 0.4) is 0 Å². The summed E-state index contributed by atoms with van der Waals surface area (Å²) in [6, 6.07) is 7.33. The number of rotatable bonds is 15. The maximum absolute atomic E-state index is 5.60. The summed E-state index contributed by atoms with van der Waals surface area (Å²) >= 11 is 0. The molecule has 0 saturated carbocycles. The molecule has 0 aliphatic carbocycles. The molecule has 1 aromatic rings. The van der Waals surface area contributed by atoms with Gasteiger partial charge in [-0.3, -0.25) is 0 Å². The summed E-state index contributed by atoms with van der Waals surface area (Å²) < 4.78 is 21.9. The van der Waals surface area contributed by atoms with Gasteiger partial charge in [0.15, 0.2) is 0 Å². The molecule has 0 unspecified atom stereocenters. The lowest BCUT2D eigenvalue weighted by atomic mass is 10.2. The van der Waals surface area contributed by atoms with Crippen LogP contribution in [0, 0.1) is 0 Å². The molecule has 0 amide bonds. The molecule has 0 fully saturated rings. The molecule has 23 heavy (non-hydrogen) atoms. The topological polar surface area (TPSA) is 62.9 Å². The summed E-state index contributed by atoms with van der Waals surface area (Å²) in [7, 11) is 0. The minimum Gasteiger partial charge on any atom is -0.491 e. The fourth-order valence-electron chi connectivity index (χ4n) is 1.96. The molecule has 0 heterocycles. The molecule has 0 aliphatic heterocycles. The molecule has 5 nitrogen and oxygen atoms in total. The number of nitrogen functional groups attached to an aromatic ring is 1. The van der Waals surface area contributed by atoms with E-state index in [4.69, 9.17) is 24.7 Å². The summed E-state index contributed by atoms with van der Waals surface area (Å²) in [5.41, 5.74) is 6.34. The Morgan fingerprint density at radius 3 is 1.87 bits per heavy atom. The molecule has 0 atom stereocenters. The smallest absolute Gasteiger partial charge is 0.119 e. The third-order valence-electron chi connectivity index (χ3n) is 3.26. The van der Waals surface area contributed by atoms with E-state index in [-0.39, 0.29) is 0 Å². The lowest BCUT2D eigenvalue weighted by Gasteiger charge is -2.08. The van der Waals surface area contributed by atoms with E-state index in [0.717, 1.165) is 24.5 Å². The minimum atomic E-state index is 0.519. The molecule has 1 aromatic carbocycles. The highest BCUT2D eigenvalue weighted by Gasteiger charge is 1.95. The van der Waals surface area contributed by atoms with Crippen molar-refractivity contribution in [2.75, 3.05) is 52.0 Å². The first-order valence-corrected chi connectivity index (χ1v) is 8.54. The first-order valence-electron chi connectivity index (χ1n) is 8.54. The normalized spacial score (nSPS) is 10.8. The van der Waals surface area contributed by atoms with Gasteiger partial charge in [0.2, 0.25) is 0 Å². The van der Waals surface area contributed by atoms with Crippen LogP contribution in [0.5, 0.6) is 5.75 Å². The highest BCUT2D eigenvalue weighted by molar-refractivity contribution is 5.41. The van der Waals surface area contributed by atoms with Gasteiger partial charge in [0, 0.05) is 12.3 Å². The van der Waals surface area contributed by atoms with Crippen LogP contribution in [-0.4, -0.2) is 46.2 Å². The number of ether oxygens (including phenoxy) is 4. The number of benzene rings is 1. The number of hydrogen-bond acceptors (Lipinski definition) is 5. The van der Waals surface area contributed by atoms with Crippen molar-refractivity contribution in [2.24, 2.45) is 0 Å². The molecule has 0 spiro atoms. The molecular weight excluding hydrogens is 294 g/mol. The van der Waals surface area contributed by atoms with Crippen LogP contribution in [0.4, 0.5) is 5.69 Å². The van der Waals surface area contributed by atoms with Gasteiger partial charge in [-0.15, -0.1) is 0 Å². The van der Waals surface area contributed by atoms with Crippen LogP contribution in [0.25, 0.3) is 0 Å². The Balaban J connectivity index is 1.77. The molecule has 5 heteroatoms. The van der Waals surface area contributed by atoms with Crippen molar-refractivity contribution in [3.8, 4) is 5.75 Å². The van der Waals surface area contributed by atoms with E-state index < -0.39 is 0 Å². The van der Waals surface area contributed by atoms with Crippen molar-refractivity contribution in [3.05, 3.63) is 24.3 Å². The first kappa shape index (κ1) is 19.7. The molecular formula is C18H31NO4. The quantitative estimate of drug-likeness (QED) is 0.396. The van der Waals surface area contributed by atoms with Crippen LogP contribution in [0.1, 0.15) is 32.6 Å². The van der Waals surface area contributed by atoms with E-state index in [1.165, 1.54) is 19.3 Å². The predicted molar refractivity (Wildman–Crippen MR) is 92.9 cm³/mol. The zero-order chi connectivity index (χ0) is 16.6. The minimum absolute atomic E-state index is 0.519. The van der Waals surface area contributed by atoms with Gasteiger partial charge < -0.3 is 24.7 Å². The van der Waals surface area contributed by atoms with Gasteiger partial charge in [-0.05, 0) is 30.7 Å². The Morgan fingerprint density at radius 2 is 1.26 bits per heavy atom. The standard InChI is InChI=1S/C18H31NO4/c1-2-3-4-5-10-20-11-12-21-13-14-22-15-16-23-18-8-6-17(19)7-9-18/h6-9H,2-5,10-16,19H2,1H3. The third kappa shape index (κ3) is 11.9. The van der Waals surface area contributed by atoms with E-state index >= 15 is 0 Å². The molecule has 0 bridgehead atoms. The average molecular weight is 325 g/mol. The van der Waals surface area contributed by atoms with Crippen LogP contribution < -0.4 is 10.5 Å². The van der Waals surface area contributed by atoms with E-state index in [9.17, 15) is 0 Å². The van der Waals surface area contributed by atoms with E-state index in [0.29, 0.717) is 39.6 Å². The van der Waals surface area contributed by atoms with Crippen LogP contribution >= 0.6 is 0 Å².